The second-order valence-electron chi connectivity index (χ2n) is 6.82. The number of Topliss-reactive ketones (excluding diaryl/α,β-unsaturated/α-hetero) is 1. The van der Waals surface area contributed by atoms with Crippen LogP contribution in [0, 0.1) is 17.6 Å². The Morgan fingerprint density at radius 3 is 2.43 bits per heavy atom. The molecule has 0 atom stereocenters. The third kappa shape index (κ3) is 4.92. The van der Waals surface area contributed by atoms with Crippen LogP contribution >= 0.6 is 0 Å². The molecule has 1 saturated heterocycles. The van der Waals surface area contributed by atoms with Gasteiger partial charge in [-0.2, -0.15) is 0 Å². The highest BCUT2D eigenvalue weighted by Gasteiger charge is 2.26. The van der Waals surface area contributed by atoms with Crippen molar-refractivity contribution >= 4 is 17.4 Å². The number of carbonyl (C=O) groups excluding carboxylic acids is 2. The topological polar surface area (TPSA) is 58.6 Å². The number of hydrogen-bond donors (Lipinski definition) is 1. The normalized spacial score (nSPS) is 15.2. The number of halogens is 2. The first kappa shape index (κ1) is 19.9. The number of nitrogens with zero attached hydrogens (tertiary/aromatic N) is 1. The average molecular weight is 388 g/mol. The molecular weight excluding hydrogens is 366 g/mol. The largest absolute Gasteiger partial charge is 0.497 e. The first-order valence-corrected chi connectivity index (χ1v) is 9.12. The molecule has 3 rings (SSSR count). The number of benzene rings is 2. The third-order valence-corrected chi connectivity index (χ3v) is 4.90. The quantitative estimate of drug-likeness (QED) is 0.770. The molecular formula is C21H22F2N2O3. The van der Waals surface area contributed by atoms with Gasteiger partial charge in [0.2, 0.25) is 5.91 Å². The van der Waals surface area contributed by atoms with Crippen molar-refractivity contribution in [1.82, 2.24) is 4.90 Å². The maximum atomic E-state index is 13.6. The van der Waals surface area contributed by atoms with E-state index in [1.54, 1.807) is 31.4 Å². The molecule has 5 nitrogen and oxygen atoms in total. The summed E-state index contributed by atoms with van der Waals surface area (Å²) < 4.78 is 31.9. The van der Waals surface area contributed by atoms with Gasteiger partial charge in [0.25, 0.3) is 0 Å². The maximum absolute atomic E-state index is 13.6. The van der Waals surface area contributed by atoms with Crippen molar-refractivity contribution in [3.63, 3.8) is 0 Å². The number of piperidine rings is 1. The van der Waals surface area contributed by atoms with Gasteiger partial charge in [0, 0.05) is 17.5 Å². The molecule has 0 unspecified atom stereocenters. The Bertz CT molecular complexity index is 847. The lowest BCUT2D eigenvalue weighted by Crippen LogP contribution is -2.40. The highest BCUT2D eigenvalue weighted by molar-refractivity contribution is 5.98. The van der Waals surface area contributed by atoms with E-state index in [1.807, 2.05) is 4.90 Å². The predicted molar refractivity (Wildman–Crippen MR) is 101 cm³/mol. The van der Waals surface area contributed by atoms with Gasteiger partial charge in [-0.3, -0.25) is 14.5 Å². The van der Waals surface area contributed by atoms with Crippen LogP contribution in [0.2, 0.25) is 0 Å². The Hall–Kier alpha value is -2.80. The van der Waals surface area contributed by atoms with E-state index < -0.39 is 17.5 Å². The lowest BCUT2D eigenvalue weighted by molar-refractivity contribution is -0.117. The molecule has 0 saturated carbocycles. The van der Waals surface area contributed by atoms with Crippen LogP contribution < -0.4 is 10.1 Å². The first-order valence-electron chi connectivity index (χ1n) is 9.12. The van der Waals surface area contributed by atoms with Crippen molar-refractivity contribution in [1.29, 1.82) is 0 Å². The Morgan fingerprint density at radius 2 is 1.79 bits per heavy atom. The number of nitrogens with one attached hydrogen (secondary N) is 1. The number of ether oxygens (including phenoxy) is 1. The zero-order valence-electron chi connectivity index (χ0n) is 15.6. The van der Waals surface area contributed by atoms with E-state index >= 15 is 0 Å². The van der Waals surface area contributed by atoms with Crippen LogP contribution in [-0.4, -0.2) is 43.3 Å². The van der Waals surface area contributed by atoms with Gasteiger partial charge in [-0.1, -0.05) is 0 Å². The number of hydrogen-bond acceptors (Lipinski definition) is 4. The smallest absolute Gasteiger partial charge is 0.238 e. The number of ketones is 1. The predicted octanol–water partition coefficient (Wildman–Crippen LogP) is 3.51. The van der Waals surface area contributed by atoms with Crippen LogP contribution in [0.1, 0.15) is 23.2 Å². The fraction of sp³-hybridized carbons (Fsp3) is 0.333. The fourth-order valence-electron chi connectivity index (χ4n) is 3.33. The summed E-state index contributed by atoms with van der Waals surface area (Å²) in [5.41, 5.74) is 0.480. The van der Waals surface area contributed by atoms with Gasteiger partial charge >= 0.3 is 0 Å². The van der Waals surface area contributed by atoms with Crippen molar-refractivity contribution in [2.75, 3.05) is 32.1 Å². The molecule has 1 aliphatic heterocycles. The molecule has 1 N–H and O–H groups in total. The molecule has 0 spiro atoms. The summed E-state index contributed by atoms with van der Waals surface area (Å²) in [7, 11) is 1.57. The van der Waals surface area contributed by atoms with Crippen LogP contribution in [-0.2, 0) is 4.79 Å². The second kappa shape index (κ2) is 8.93. The van der Waals surface area contributed by atoms with E-state index in [0.29, 0.717) is 37.2 Å². The molecule has 0 aliphatic carbocycles. The van der Waals surface area contributed by atoms with Crippen molar-refractivity contribution < 1.29 is 23.1 Å². The maximum Gasteiger partial charge on any atom is 0.238 e. The number of methoxy groups -OCH3 is 1. The average Bonchev–Trinajstić information content (AvgIpc) is 2.71. The molecule has 148 valence electrons. The van der Waals surface area contributed by atoms with E-state index in [9.17, 15) is 18.4 Å². The van der Waals surface area contributed by atoms with Crippen LogP contribution in [0.5, 0.6) is 5.75 Å². The molecule has 2 aromatic rings. The van der Waals surface area contributed by atoms with Crippen LogP contribution in [0.15, 0.2) is 42.5 Å². The lowest BCUT2D eigenvalue weighted by Gasteiger charge is -2.30. The number of amides is 1. The minimum absolute atomic E-state index is 0.0688. The van der Waals surface area contributed by atoms with E-state index in [2.05, 4.69) is 5.32 Å². The van der Waals surface area contributed by atoms with Gasteiger partial charge in [-0.15, -0.1) is 0 Å². The monoisotopic (exact) mass is 388 g/mol. The van der Waals surface area contributed by atoms with Gasteiger partial charge in [-0.25, -0.2) is 8.78 Å². The molecule has 0 bridgehead atoms. The summed E-state index contributed by atoms with van der Waals surface area (Å²) in [6.07, 6.45) is 1.29. The van der Waals surface area contributed by atoms with Crippen LogP contribution in [0.4, 0.5) is 14.5 Å². The van der Waals surface area contributed by atoms with Crippen molar-refractivity contribution in [3.05, 3.63) is 59.7 Å². The summed E-state index contributed by atoms with van der Waals surface area (Å²) in [6.45, 7) is 1.25. The Labute approximate surface area is 162 Å². The molecule has 1 fully saturated rings. The standard InChI is InChI=1S/C21H22F2N2O3/c1-28-17-5-2-14(3-6-17)21(27)15-8-10-25(11-9-15)13-20(26)24-19-12-16(22)4-7-18(19)23/h2-7,12,15H,8-11,13H2,1H3,(H,24,26). The molecule has 2 aromatic carbocycles. The second-order valence-corrected chi connectivity index (χ2v) is 6.82. The Morgan fingerprint density at radius 1 is 1.11 bits per heavy atom. The molecule has 1 aliphatic rings. The van der Waals surface area contributed by atoms with Crippen molar-refractivity contribution in [2.45, 2.75) is 12.8 Å². The lowest BCUT2D eigenvalue weighted by atomic mass is 9.89. The van der Waals surface area contributed by atoms with Gasteiger partial charge < -0.3 is 10.1 Å². The van der Waals surface area contributed by atoms with Crippen LogP contribution in [0.3, 0.4) is 0 Å². The molecule has 28 heavy (non-hydrogen) atoms. The summed E-state index contributed by atoms with van der Waals surface area (Å²) in [5, 5.41) is 2.39. The summed E-state index contributed by atoms with van der Waals surface area (Å²) in [4.78, 5) is 26.7. The number of carbonyl (C=O) groups is 2. The Balaban J connectivity index is 1.50. The van der Waals surface area contributed by atoms with Gasteiger partial charge in [0.05, 0.1) is 19.3 Å². The highest BCUT2D eigenvalue weighted by Crippen LogP contribution is 2.23. The van der Waals surface area contributed by atoms with Crippen molar-refractivity contribution in [2.24, 2.45) is 5.92 Å². The zero-order valence-corrected chi connectivity index (χ0v) is 15.6. The van der Waals surface area contributed by atoms with Gasteiger partial charge in [-0.05, 0) is 62.3 Å². The molecule has 0 radical (unpaired) electrons. The number of anilines is 1. The zero-order chi connectivity index (χ0) is 20.1. The molecule has 1 heterocycles. The fourth-order valence-corrected chi connectivity index (χ4v) is 3.33. The van der Waals surface area contributed by atoms with E-state index in [0.717, 1.165) is 18.2 Å². The van der Waals surface area contributed by atoms with Crippen molar-refractivity contribution in [3.8, 4) is 5.75 Å². The minimum Gasteiger partial charge on any atom is -0.497 e. The summed E-state index contributed by atoms with van der Waals surface area (Å²) in [6, 6.07) is 9.96. The minimum atomic E-state index is -0.682. The van der Waals surface area contributed by atoms with Gasteiger partial charge in [0.15, 0.2) is 5.78 Å². The molecule has 0 aromatic heterocycles. The Kier molecular flexibility index (Phi) is 6.36. The van der Waals surface area contributed by atoms with E-state index in [4.69, 9.17) is 4.74 Å². The molecule has 1 amide bonds. The number of likely N-dealkylation sites (tertiary alicyclic amines) is 1. The highest BCUT2D eigenvalue weighted by atomic mass is 19.1. The van der Waals surface area contributed by atoms with Crippen LogP contribution in [0.25, 0.3) is 0 Å². The summed E-state index contributed by atoms with van der Waals surface area (Å²) in [5.74, 6) is -1.01. The van der Waals surface area contributed by atoms with E-state index in [1.165, 1.54) is 0 Å². The van der Waals surface area contributed by atoms with Gasteiger partial charge in [0.1, 0.15) is 17.4 Å². The molecule has 7 heteroatoms. The van der Waals surface area contributed by atoms with E-state index in [-0.39, 0.29) is 23.9 Å². The SMILES string of the molecule is COc1ccc(C(=O)C2CCN(CC(=O)Nc3cc(F)ccc3F)CC2)cc1. The summed E-state index contributed by atoms with van der Waals surface area (Å²) >= 11 is 0. The first-order chi connectivity index (χ1) is 13.5. The number of rotatable bonds is 6. The third-order valence-electron chi connectivity index (χ3n) is 4.90.